The molecule has 0 fully saturated rings. The first-order valence-corrected chi connectivity index (χ1v) is 21.8. The van der Waals surface area contributed by atoms with Crippen LogP contribution in [0.4, 0.5) is 22.7 Å². The molecule has 0 aromatic heterocycles. The van der Waals surface area contributed by atoms with E-state index in [-0.39, 0.29) is 11.0 Å². The van der Waals surface area contributed by atoms with E-state index in [1.54, 1.807) is 0 Å². The van der Waals surface area contributed by atoms with Crippen LogP contribution in [0.25, 0.3) is 0 Å². The zero-order chi connectivity index (χ0) is 41.0. The molecule has 2 aromatic rings. The summed E-state index contributed by atoms with van der Waals surface area (Å²) < 4.78 is 144. The van der Waals surface area contributed by atoms with Crippen molar-refractivity contribution in [2.24, 2.45) is 0 Å². The van der Waals surface area contributed by atoms with Crippen LogP contribution in [0.15, 0.2) is 36.4 Å². The Morgan fingerprint density at radius 2 is 0.774 bits per heavy atom. The summed E-state index contributed by atoms with van der Waals surface area (Å²) in [5.74, 6) is 0. The monoisotopic (exact) mass is 872 g/mol. The van der Waals surface area contributed by atoms with Crippen LogP contribution in [0.5, 0.6) is 0 Å². The number of hydrogen-bond acceptors (Lipinski definition) is 14. The molecule has 316 valence electrons. The molecule has 2 rings (SSSR count). The van der Waals surface area contributed by atoms with Crippen molar-refractivity contribution in [1.82, 2.24) is 9.44 Å². The van der Waals surface area contributed by atoms with Crippen LogP contribution >= 0.6 is 0 Å². The van der Waals surface area contributed by atoms with Gasteiger partial charge in [-0.1, -0.05) is 0 Å². The van der Waals surface area contributed by atoms with E-state index in [9.17, 15) is 16.8 Å². The molecule has 0 aliphatic heterocycles. The van der Waals surface area contributed by atoms with Gasteiger partial charge in [0, 0.05) is 62.0 Å². The molecular formula is C24H52N6O18S5. The number of benzene rings is 2. The largest absolute Gasteiger partial charge is 0.412 e. The highest BCUT2D eigenvalue weighted by molar-refractivity contribution is 7.89. The van der Waals surface area contributed by atoms with E-state index in [0.717, 1.165) is 59.5 Å². The minimum absolute atomic E-state index is 0. The number of nitrogens with one attached hydrogen (secondary N) is 2. The average molecular weight is 873 g/mol. The molecule has 53 heavy (non-hydrogen) atoms. The fraction of sp³-hybridized carbons (Fsp3) is 0.500. The molecule has 0 saturated carbocycles. The van der Waals surface area contributed by atoms with E-state index < -0.39 is 51.2 Å². The van der Waals surface area contributed by atoms with Crippen molar-refractivity contribution in [2.45, 2.75) is 27.7 Å². The number of nitrogens with two attached hydrogens (primary N) is 2. The van der Waals surface area contributed by atoms with Gasteiger partial charge in [-0.3, -0.25) is 27.3 Å². The van der Waals surface area contributed by atoms with E-state index in [1.165, 1.54) is 0 Å². The van der Waals surface area contributed by atoms with E-state index >= 15 is 0 Å². The van der Waals surface area contributed by atoms with Gasteiger partial charge in [0.2, 0.25) is 20.0 Å². The van der Waals surface area contributed by atoms with Crippen LogP contribution in [-0.4, -0.2) is 132 Å². The predicted octanol–water partition coefficient (Wildman–Crippen LogP) is -1.70. The summed E-state index contributed by atoms with van der Waals surface area (Å²) in [7, 11) is -20.2. The van der Waals surface area contributed by atoms with Crippen molar-refractivity contribution in [2.75, 3.05) is 73.0 Å². The highest BCUT2D eigenvalue weighted by Crippen LogP contribution is 2.22. The van der Waals surface area contributed by atoms with E-state index in [0.29, 0.717) is 26.2 Å². The Morgan fingerprint density at radius 3 is 0.943 bits per heavy atom. The quantitative estimate of drug-likeness (QED) is 0.0839. The first-order valence-electron chi connectivity index (χ1n) is 13.9. The van der Waals surface area contributed by atoms with Gasteiger partial charge in [0.1, 0.15) is 0 Å². The maximum atomic E-state index is 11.0. The highest BCUT2D eigenvalue weighted by atomic mass is 32.3. The number of nitrogens with zero attached hydrogens (tertiary/aromatic N) is 2. The number of rotatable bonds is 12. The third kappa shape index (κ3) is 45.1. The van der Waals surface area contributed by atoms with Crippen molar-refractivity contribution < 1.29 is 80.4 Å². The van der Waals surface area contributed by atoms with Gasteiger partial charge < -0.3 is 32.2 Å². The number of likely N-dealkylation sites (N-methyl/N-ethyl adjacent to an activating group) is 2. The second kappa shape index (κ2) is 26.7. The lowest BCUT2D eigenvalue weighted by Crippen LogP contribution is -2.34. The summed E-state index contributed by atoms with van der Waals surface area (Å²) in [5.41, 5.74) is 17.3. The zero-order valence-electron chi connectivity index (χ0n) is 29.6. The van der Waals surface area contributed by atoms with Crippen LogP contribution in [0.1, 0.15) is 25.0 Å². The van der Waals surface area contributed by atoms with Crippen molar-refractivity contribution >= 4 is 74.0 Å². The predicted molar refractivity (Wildman–Crippen MR) is 202 cm³/mol. The van der Waals surface area contributed by atoms with E-state index in [2.05, 4.69) is 19.2 Å². The molecule has 2 aromatic carbocycles. The zero-order valence-corrected chi connectivity index (χ0v) is 33.6. The van der Waals surface area contributed by atoms with Crippen LogP contribution in [0, 0.1) is 13.8 Å². The van der Waals surface area contributed by atoms with Crippen LogP contribution in [-0.2, 0) is 51.2 Å². The van der Waals surface area contributed by atoms with Gasteiger partial charge in [0.25, 0.3) is 0 Å². The minimum Gasteiger partial charge on any atom is -0.412 e. The Morgan fingerprint density at radius 1 is 0.547 bits per heavy atom. The highest BCUT2D eigenvalue weighted by Gasteiger charge is 2.10. The molecule has 0 radical (unpaired) electrons. The molecule has 24 nitrogen and oxygen atoms in total. The van der Waals surface area contributed by atoms with Gasteiger partial charge >= 0.3 is 31.2 Å². The lowest BCUT2D eigenvalue weighted by atomic mass is 10.1. The van der Waals surface area contributed by atoms with Crippen molar-refractivity contribution in [3.05, 3.63) is 47.5 Å². The third-order valence-electron chi connectivity index (χ3n) is 5.38. The molecule has 29 heteroatoms. The Balaban J connectivity index is -0.000000205. The minimum atomic E-state index is -4.67. The van der Waals surface area contributed by atoms with Gasteiger partial charge in [0.15, 0.2) is 0 Å². The Labute approximate surface area is 311 Å². The molecule has 0 aliphatic carbocycles. The molecular weight excluding hydrogens is 821 g/mol. The van der Waals surface area contributed by atoms with Gasteiger partial charge in [-0.25, -0.2) is 26.3 Å². The van der Waals surface area contributed by atoms with Gasteiger partial charge in [-0.2, -0.15) is 25.3 Å². The fourth-order valence-electron chi connectivity index (χ4n) is 3.70. The third-order valence-corrected chi connectivity index (χ3v) is 6.84. The molecule has 0 amide bonds. The first-order chi connectivity index (χ1) is 22.7. The van der Waals surface area contributed by atoms with E-state index in [4.69, 9.17) is 64.0 Å². The summed E-state index contributed by atoms with van der Waals surface area (Å²) in [6.07, 6.45) is 2.33. The molecule has 0 atom stereocenters. The lowest BCUT2D eigenvalue weighted by molar-refractivity contribution is 0.378. The smallest absolute Gasteiger partial charge is 0.394 e. The summed E-state index contributed by atoms with van der Waals surface area (Å²) in [4.78, 5) is 4.24. The Hall–Kier alpha value is -3.01. The number of nitrogen functional groups attached to an aromatic ring is 2. The molecule has 0 bridgehead atoms. The van der Waals surface area contributed by atoms with Gasteiger partial charge in [-0.05, 0) is 75.2 Å². The standard InChI is InChI=1S/2C12H21N3O2S.3H2O4S.2H2O/c2*1-4-15(8-7-14-18(3,16)17)12-6-5-11(13)9-10(12)2;3*1-5(2,3)4;;/h2*5-6,9,14H,4,7-8,13H2,1-3H3;3*(H2,1,2,3,4);2*1H2. The molecule has 0 heterocycles. The van der Waals surface area contributed by atoms with Crippen LogP contribution in [0.3, 0.4) is 0 Å². The fourth-order valence-corrected chi connectivity index (χ4v) is 4.62. The SMILES string of the molecule is CCN(CCNS(C)(=O)=O)c1ccc(N)cc1C.CCN(CCNS(C)(=O)=O)c1ccc(N)cc1C.O.O.O=S(=O)(O)O.O=S(=O)(O)O.O=S(=O)(O)O. The second-order valence-corrected chi connectivity index (χ2v) is 16.3. The Kier molecular flexibility index (Phi) is 29.9. The van der Waals surface area contributed by atoms with Gasteiger partial charge in [0.05, 0.1) is 12.5 Å². The molecule has 0 unspecified atom stereocenters. The van der Waals surface area contributed by atoms with Crippen molar-refractivity contribution in [3.63, 3.8) is 0 Å². The first kappa shape index (κ1) is 59.3. The summed E-state index contributed by atoms with van der Waals surface area (Å²) in [5, 5.41) is 0. The maximum Gasteiger partial charge on any atom is 0.394 e. The van der Waals surface area contributed by atoms with Crippen LogP contribution in [0.2, 0.25) is 0 Å². The number of sulfonamides is 2. The molecule has 0 spiro atoms. The average Bonchev–Trinajstić information content (AvgIpc) is 2.86. The Bertz CT molecular complexity index is 1710. The number of hydrogen-bond donors (Lipinski definition) is 10. The maximum absolute atomic E-state index is 11.0. The molecule has 0 saturated heterocycles. The summed E-state index contributed by atoms with van der Waals surface area (Å²) >= 11 is 0. The van der Waals surface area contributed by atoms with Crippen molar-refractivity contribution in [3.8, 4) is 0 Å². The summed E-state index contributed by atoms with van der Waals surface area (Å²) in [6.45, 7) is 11.8. The molecule has 16 N–H and O–H groups in total. The van der Waals surface area contributed by atoms with E-state index in [1.807, 2.05) is 64.1 Å². The number of anilines is 4. The normalized spacial score (nSPS) is 11.1. The molecule has 0 aliphatic rings. The topological polar surface area (TPSA) is 438 Å². The van der Waals surface area contributed by atoms with Gasteiger partial charge in [-0.15, -0.1) is 0 Å². The van der Waals surface area contributed by atoms with Crippen LogP contribution < -0.4 is 30.7 Å². The lowest BCUT2D eigenvalue weighted by Gasteiger charge is -2.25. The van der Waals surface area contributed by atoms with Crippen molar-refractivity contribution in [1.29, 1.82) is 0 Å². The second-order valence-electron chi connectivity index (χ2n) is 9.93. The summed E-state index contributed by atoms with van der Waals surface area (Å²) in [6, 6.07) is 11.5. The number of aryl methyl sites for hydroxylation is 2.